The summed E-state index contributed by atoms with van der Waals surface area (Å²) in [7, 11) is 0. The molecule has 1 aliphatic carbocycles. The molecule has 1 aromatic rings. The van der Waals surface area contributed by atoms with E-state index in [0.717, 1.165) is 18.4 Å². The lowest BCUT2D eigenvalue weighted by atomic mass is 9.63. The molecule has 110 valence electrons. The van der Waals surface area contributed by atoms with E-state index < -0.39 is 11.4 Å². The first-order valence-corrected chi connectivity index (χ1v) is 7.68. The highest BCUT2D eigenvalue weighted by atomic mass is 35.5. The molecule has 0 atom stereocenters. The Kier molecular flexibility index (Phi) is 4.36. The van der Waals surface area contributed by atoms with Crippen molar-refractivity contribution in [3.05, 3.63) is 33.8 Å². The molecular weight excluding hydrogens is 295 g/mol. The zero-order chi connectivity index (χ0) is 15.0. The lowest BCUT2D eigenvalue weighted by molar-refractivity contribution is -0.152. The van der Waals surface area contributed by atoms with Crippen LogP contribution in [0, 0.1) is 10.8 Å². The van der Waals surface area contributed by atoms with Crippen molar-refractivity contribution >= 4 is 29.2 Å². The van der Waals surface area contributed by atoms with E-state index in [1.54, 1.807) is 6.07 Å². The van der Waals surface area contributed by atoms with Gasteiger partial charge in [-0.05, 0) is 49.1 Å². The summed E-state index contributed by atoms with van der Waals surface area (Å²) in [6, 6.07) is 5.43. The molecule has 0 bridgehead atoms. The van der Waals surface area contributed by atoms with E-state index in [2.05, 4.69) is 13.8 Å². The van der Waals surface area contributed by atoms with Crippen LogP contribution in [0.5, 0.6) is 0 Å². The van der Waals surface area contributed by atoms with Crippen molar-refractivity contribution in [2.75, 3.05) is 0 Å². The minimum absolute atomic E-state index is 0.233. The van der Waals surface area contributed by atoms with Crippen LogP contribution in [0.15, 0.2) is 18.2 Å². The van der Waals surface area contributed by atoms with Gasteiger partial charge in [0.1, 0.15) is 0 Å². The van der Waals surface area contributed by atoms with Crippen LogP contribution in [0.3, 0.4) is 0 Å². The highest BCUT2D eigenvalue weighted by molar-refractivity contribution is 6.42. The third kappa shape index (κ3) is 3.12. The summed E-state index contributed by atoms with van der Waals surface area (Å²) in [5, 5.41) is 10.7. The smallest absolute Gasteiger partial charge is 0.309 e. The number of benzene rings is 1. The van der Waals surface area contributed by atoms with Gasteiger partial charge in [-0.2, -0.15) is 0 Å². The lowest BCUT2D eigenvalue weighted by Crippen LogP contribution is -2.39. The second kappa shape index (κ2) is 5.57. The van der Waals surface area contributed by atoms with Gasteiger partial charge in [-0.25, -0.2) is 0 Å². The van der Waals surface area contributed by atoms with Crippen LogP contribution in [-0.4, -0.2) is 11.1 Å². The molecule has 2 nitrogen and oxygen atoms in total. The summed E-state index contributed by atoms with van der Waals surface area (Å²) in [4.78, 5) is 11.8. The molecule has 1 aromatic carbocycles. The maximum Gasteiger partial charge on any atom is 0.309 e. The third-order valence-corrected chi connectivity index (χ3v) is 5.43. The minimum atomic E-state index is -0.718. The second-order valence-electron chi connectivity index (χ2n) is 6.64. The molecule has 0 saturated heterocycles. The summed E-state index contributed by atoms with van der Waals surface area (Å²) in [5.74, 6) is -0.718. The summed E-state index contributed by atoms with van der Waals surface area (Å²) in [5.41, 5.74) is 0.363. The molecule has 0 aliphatic heterocycles. The van der Waals surface area contributed by atoms with Gasteiger partial charge in [0.25, 0.3) is 0 Å². The van der Waals surface area contributed by atoms with Gasteiger partial charge in [0.15, 0.2) is 0 Å². The largest absolute Gasteiger partial charge is 0.481 e. The molecule has 1 saturated carbocycles. The predicted molar refractivity (Wildman–Crippen MR) is 82.5 cm³/mol. The van der Waals surface area contributed by atoms with Gasteiger partial charge in [-0.3, -0.25) is 4.79 Å². The van der Waals surface area contributed by atoms with E-state index in [9.17, 15) is 9.90 Å². The number of halogens is 2. The van der Waals surface area contributed by atoms with E-state index in [4.69, 9.17) is 23.2 Å². The average molecular weight is 315 g/mol. The van der Waals surface area contributed by atoms with E-state index in [0.29, 0.717) is 29.3 Å². The average Bonchev–Trinajstić information content (AvgIpc) is 2.37. The minimum Gasteiger partial charge on any atom is -0.481 e. The molecule has 0 unspecified atom stereocenters. The van der Waals surface area contributed by atoms with Crippen molar-refractivity contribution in [3.8, 4) is 0 Å². The number of hydrogen-bond acceptors (Lipinski definition) is 1. The molecule has 0 spiro atoms. The van der Waals surface area contributed by atoms with E-state index in [1.807, 2.05) is 12.1 Å². The van der Waals surface area contributed by atoms with Crippen LogP contribution in [0.2, 0.25) is 10.0 Å². The van der Waals surface area contributed by atoms with Crippen LogP contribution < -0.4 is 0 Å². The first-order chi connectivity index (χ1) is 9.26. The fraction of sp³-hybridized carbons (Fsp3) is 0.562. The predicted octanol–water partition coefficient (Wildman–Crippen LogP) is 5.21. The molecule has 1 N–H and O–H groups in total. The van der Waals surface area contributed by atoms with Crippen LogP contribution in [0.4, 0.5) is 0 Å². The van der Waals surface area contributed by atoms with Gasteiger partial charge < -0.3 is 5.11 Å². The maximum absolute atomic E-state index is 11.8. The summed E-state index contributed by atoms with van der Waals surface area (Å²) in [6.45, 7) is 4.40. The zero-order valence-electron chi connectivity index (χ0n) is 11.9. The van der Waals surface area contributed by atoms with Gasteiger partial charge in [0.2, 0.25) is 0 Å². The fourth-order valence-corrected chi connectivity index (χ4v) is 3.31. The number of rotatable bonds is 3. The molecule has 2 rings (SSSR count). The molecule has 0 amide bonds. The van der Waals surface area contributed by atoms with Crippen LogP contribution in [0.25, 0.3) is 0 Å². The Balaban J connectivity index is 2.27. The zero-order valence-corrected chi connectivity index (χ0v) is 13.4. The van der Waals surface area contributed by atoms with Crippen LogP contribution in [0.1, 0.15) is 45.1 Å². The third-order valence-electron chi connectivity index (χ3n) is 4.57. The van der Waals surface area contributed by atoms with Gasteiger partial charge in [-0.15, -0.1) is 0 Å². The Morgan fingerprint density at radius 3 is 2.35 bits per heavy atom. The maximum atomic E-state index is 11.8. The molecule has 1 aliphatic rings. The SMILES string of the molecule is CC1(C)CCC(Cc2cccc(Cl)c2Cl)(C(=O)O)CC1. The molecule has 0 aromatic heterocycles. The molecule has 20 heavy (non-hydrogen) atoms. The van der Waals surface area contributed by atoms with Gasteiger partial charge in [0, 0.05) is 0 Å². The van der Waals surface area contributed by atoms with Gasteiger partial charge in [-0.1, -0.05) is 49.2 Å². The number of carbonyl (C=O) groups is 1. The number of hydrogen-bond donors (Lipinski definition) is 1. The second-order valence-corrected chi connectivity index (χ2v) is 7.42. The van der Waals surface area contributed by atoms with Crippen molar-refractivity contribution < 1.29 is 9.90 Å². The molecule has 4 heteroatoms. The normalized spacial score (nSPS) is 20.6. The lowest BCUT2D eigenvalue weighted by Gasteiger charge is -2.41. The Hall–Kier alpha value is -0.730. The first kappa shape index (κ1) is 15.7. The Bertz CT molecular complexity index is 513. The summed E-state index contributed by atoms with van der Waals surface area (Å²) in [6.07, 6.45) is 3.70. The van der Waals surface area contributed by atoms with Crippen molar-refractivity contribution in [2.45, 2.75) is 46.0 Å². The topological polar surface area (TPSA) is 37.3 Å². The number of aliphatic carboxylic acids is 1. The van der Waals surface area contributed by atoms with E-state index in [1.165, 1.54) is 0 Å². The van der Waals surface area contributed by atoms with E-state index in [-0.39, 0.29) is 5.41 Å². The molecular formula is C16H20Cl2O2. The molecule has 0 radical (unpaired) electrons. The molecule has 1 fully saturated rings. The Labute approximate surface area is 130 Å². The van der Waals surface area contributed by atoms with Crippen LogP contribution in [-0.2, 0) is 11.2 Å². The highest BCUT2D eigenvalue weighted by Crippen LogP contribution is 2.47. The number of carboxylic acid groups (broad SMARTS) is 1. The van der Waals surface area contributed by atoms with Gasteiger partial charge >= 0.3 is 5.97 Å². The van der Waals surface area contributed by atoms with Crippen LogP contribution >= 0.6 is 23.2 Å². The standard InChI is InChI=1S/C16H20Cl2O2/c1-15(2)6-8-16(9-7-15,14(19)20)10-11-4-3-5-12(17)13(11)18/h3-5H,6-10H2,1-2H3,(H,19,20). The first-order valence-electron chi connectivity index (χ1n) is 6.92. The molecule has 0 heterocycles. The van der Waals surface area contributed by atoms with Crippen molar-refractivity contribution in [1.82, 2.24) is 0 Å². The monoisotopic (exact) mass is 314 g/mol. The fourth-order valence-electron chi connectivity index (χ4n) is 2.92. The Morgan fingerprint density at radius 2 is 1.80 bits per heavy atom. The summed E-state index contributed by atoms with van der Waals surface area (Å²) < 4.78 is 0. The highest BCUT2D eigenvalue weighted by Gasteiger charge is 2.44. The number of carboxylic acids is 1. The van der Waals surface area contributed by atoms with Crippen molar-refractivity contribution in [2.24, 2.45) is 10.8 Å². The van der Waals surface area contributed by atoms with Crippen molar-refractivity contribution in [1.29, 1.82) is 0 Å². The van der Waals surface area contributed by atoms with Gasteiger partial charge in [0.05, 0.1) is 15.5 Å². The summed E-state index contributed by atoms with van der Waals surface area (Å²) >= 11 is 12.2. The Morgan fingerprint density at radius 1 is 1.20 bits per heavy atom. The van der Waals surface area contributed by atoms with E-state index >= 15 is 0 Å². The quantitative estimate of drug-likeness (QED) is 0.831. The van der Waals surface area contributed by atoms with Crippen molar-refractivity contribution in [3.63, 3.8) is 0 Å².